The number of rotatable bonds is 22. The Morgan fingerprint density at radius 1 is 0.429 bits per heavy atom. The van der Waals surface area contributed by atoms with Crippen LogP contribution in [0.15, 0.2) is 133 Å². The quantitative estimate of drug-likeness (QED) is 0.0801. The van der Waals surface area contributed by atoms with E-state index in [2.05, 4.69) is 0 Å². The number of aliphatic hydroxyl groups is 1. The number of fused-ring (bicyclic) bond motifs is 1. The first-order chi connectivity index (χ1) is 27.1. The van der Waals surface area contributed by atoms with Gasteiger partial charge in [0.1, 0.15) is 52.9 Å². The second-order valence-corrected chi connectivity index (χ2v) is 11.9. The van der Waals surface area contributed by atoms with Crippen LogP contribution >= 0.6 is 0 Å². The summed E-state index contributed by atoms with van der Waals surface area (Å²) in [5.41, 5.74) is 0.578. The van der Waals surface area contributed by atoms with Crippen molar-refractivity contribution in [1.29, 1.82) is 0 Å². The maximum absolute atomic E-state index is 11.5. The standard InChI is InChI=1S/C44H42O11.K/c45-21-22-48-36-15-5-6-16-37(36)49-23-24-50-38-17-7-8-18-39(38)51-25-27-53-42-29-32-11-1-2-12-33(32)30-43(42)54-28-26-52-40-19-9-10-20-41(40)55-31-34-13-3-4-14-35(34)44(46)47;/h1-20,29-30,45H,21-28,31H2,(H,46,47);/q;+1/p-1. The van der Waals surface area contributed by atoms with Crippen molar-refractivity contribution in [3.8, 4) is 46.0 Å². The van der Waals surface area contributed by atoms with Gasteiger partial charge in [0, 0.05) is 5.56 Å². The maximum Gasteiger partial charge on any atom is 1.00 e. The zero-order valence-electron chi connectivity index (χ0n) is 31.1. The normalized spacial score (nSPS) is 10.5. The molecule has 6 rings (SSSR count). The van der Waals surface area contributed by atoms with Crippen LogP contribution in [0.5, 0.6) is 46.0 Å². The van der Waals surface area contributed by atoms with Gasteiger partial charge in [-0.25, -0.2) is 0 Å². The molecule has 1 N–H and O–H groups in total. The Bertz CT molecular complexity index is 2140. The van der Waals surface area contributed by atoms with Crippen molar-refractivity contribution in [2.75, 3.05) is 52.9 Å². The zero-order chi connectivity index (χ0) is 38.1. The van der Waals surface area contributed by atoms with Gasteiger partial charge in [-0.3, -0.25) is 0 Å². The minimum atomic E-state index is -1.26. The molecule has 0 aliphatic carbocycles. The van der Waals surface area contributed by atoms with Gasteiger partial charge in [-0.05, 0) is 64.9 Å². The minimum Gasteiger partial charge on any atom is -0.545 e. The number of aliphatic hydroxyl groups excluding tert-OH is 1. The predicted octanol–water partition coefficient (Wildman–Crippen LogP) is 3.53. The molecular weight excluding hydrogens is 744 g/mol. The monoisotopic (exact) mass is 784 g/mol. The van der Waals surface area contributed by atoms with Crippen LogP contribution < -0.4 is 94.4 Å². The second kappa shape index (κ2) is 22.6. The third-order valence-corrected chi connectivity index (χ3v) is 8.12. The van der Waals surface area contributed by atoms with Gasteiger partial charge in [0.2, 0.25) is 0 Å². The summed E-state index contributed by atoms with van der Waals surface area (Å²) in [7, 11) is 0. The van der Waals surface area contributed by atoms with Gasteiger partial charge >= 0.3 is 51.4 Å². The Morgan fingerprint density at radius 3 is 1.14 bits per heavy atom. The van der Waals surface area contributed by atoms with Crippen LogP contribution in [0.3, 0.4) is 0 Å². The van der Waals surface area contributed by atoms with Crippen molar-refractivity contribution >= 4 is 16.7 Å². The number of carboxylic acid groups (broad SMARTS) is 1. The van der Waals surface area contributed by atoms with Crippen LogP contribution in [-0.4, -0.2) is 63.9 Å². The Labute approximate surface area is 368 Å². The molecule has 0 radical (unpaired) electrons. The molecule has 6 aromatic rings. The van der Waals surface area contributed by atoms with Gasteiger partial charge < -0.3 is 52.9 Å². The average Bonchev–Trinajstić information content (AvgIpc) is 3.22. The van der Waals surface area contributed by atoms with E-state index in [4.69, 9.17) is 43.0 Å². The Morgan fingerprint density at radius 2 is 0.750 bits per heavy atom. The van der Waals surface area contributed by atoms with Crippen molar-refractivity contribution < 1.29 is 104 Å². The van der Waals surface area contributed by atoms with Crippen LogP contribution in [0, 0.1) is 0 Å². The van der Waals surface area contributed by atoms with Gasteiger partial charge in [0.05, 0.1) is 12.6 Å². The molecule has 0 amide bonds. The fourth-order valence-electron chi connectivity index (χ4n) is 5.56. The van der Waals surface area contributed by atoms with Crippen LogP contribution in [0.25, 0.3) is 10.8 Å². The van der Waals surface area contributed by atoms with E-state index in [1.807, 2.05) is 84.9 Å². The van der Waals surface area contributed by atoms with E-state index < -0.39 is 5.97 Å². The van der Waals surface area contributed by atoms with Crippen molar-refractivity contribution in [2.24, 2.45) is 0 Å². The molecule has 0 aliphatic heterocycles. The van der Waals surface area contributed by atoms with Crippen LogP contribution in [-0.2, 0) is 6.61 Å². The number of aromatic carboxylic acids is 1. The molecule has 6 aromatic carbocycles. The molecule has 0 bridgehead atoms. The molecule has 0 heterocycles. The first kappa shape index (κ1) is 42.2. The topological polar surface area (TPSA) is 134 Å². The largest absolute Gasteiger partial charge is 1.00 e. The fourth-order valence-corrected chi connectivity index (χ4v) is 5.56. The van der Waals surface area contributed by atoms with Gasteiger partial charge in [-0.15, -0.1) is 0 Å². The van der Waals surface area contributed by atoms with E-state index in [0.717, 1.165) is 10.8 Å². The van der Waals surface area contributed by atoms with Crippen LogP contribution in [0.2, 0.25) is 0 Å². The number of ether oxygens (including phenoxy) is 8. The molecule has 0 aromatic heterocycles. The number of carboxylic acids is 1. The third-order valence-electron chi connectivity index (χ3n) is 8.12. The summed E-state index contributed by atoms with van der Waals surface area (Å²) >= 11 is 0. The maximum atomic E-state index is 11.5. The minimum absolute atomic E-state index is 0. The molecule has 284 valence electrons. The molecule has 0 unspecified atom stereocenters. The number of carbonyl (C=O) groups excluding carboxylic acids is 1. The van der Waals surface area contributed by atoms with Crippen molar-refractivity contribution in [1.82, 2.24) is 0 Å². The molecule has 0 fully saturated rings. The van der Waals surface area contributed by atoms with Gasteiger partial charge in [-0.2, -0.15) is 0 Å². The molecular formula is C44H41KO11. The molecule has 56 heavy (non-hydrogen) atoms. The Hall–Kier alpha value is -4.95. The molecule has 12 heteroatoms. The van der Waals surface area contributed by atoms with Crippen LogP contribution in [0.4, 0.5) is 0 Å². The summed E-state index contributed by atoms with van der Waals surface area (Å²) in [5.74, 6) is 3.07. The van der Waals surface area contributed by atoms with Gasteiger partial charge in [0.15, 0.2) is 46.0 Å². The van der Waals surface area contributed by atoms with Crippen molar-refractivity contribution in [3.63, 3.8) is 0 Å². The summed E-state index contributed by atoms with van der Waals surface area (Å²) in [5, 5.41) is 22.6. The smallest absolute Gasteiger partial charge is 0.545 e. The molecule has 11 nitrogen and oxygen atoms in total. The summed E-state index contributed by atoms with van der Waals surface area (Å²) in [6, 6.07) is 40.2. The second-order valence-electron chi connectivity index (χ2n) is 11.9. The number of para-hydroxylation sites is 6. The van der Waals surface area contributed by atoms with Gasteiger partial charge in [-0.1, -0.05) is 84.9 Å². The molecule has 0 aliphatic rings. The first-order valence-corrected chi connectivity index (χ1v) is 17.8. The molecule has 0 saturated heterocycles. The molecule has 0 spiro atoms. The van der Waals surface area contributed by atoms with Crippen molar-refractivity contribution in [2.45, 2.75) is 6.61 Å². The van der Waals surface area contributed by atoms with E-state index in [-0.39, 0.29) is 116 Å². The molecule has 0 atom stereocenters. The van der Waals surface area contributed by atoms with Crippen LogP contribution in [0.1, 0.15) is 15.9 Å². The number of hydrogen-bond donors (Lipinski definition) is 1. The van der Waals surface area contributed by atoms with Gasteiger partial charge in [0.25, 0.3) is 0 Å². The van der Waals surface area contributed by atoms with E-state index in [1.54, 1.807) is 42.5 Å². The fraction of sp³-hybridized carbons (Fsp3) is 0.205. The van der Waals surface area contributed by atoms with Crippen molar-refractivity contribution in [3.05, 3.63) is 145 Å². The number of hydrogen-bond acceptors (Lipinski definition) is 11. The zero-order valence-corrected chi connectivity index (χ0v) is 34.2. The average molecular weight is 785 g/mol. The summed E-state index contributed by atoms with van der Waals surface area (Å²) in [6.45, 7) is 1.56. The van der Waals surface area contributed by atoms with E-state index in [0.29, 0.717) is 51.6 Å². The number of carbonyl (C=O) groups is 1. The SMILES string of the molecule is O=C([O-])c1ccccc1COc1ccccc1OCCOc1cc2ccccc2cc1OCCOc1ccccc1OCCOc1ccccc1OCCO.[K+]. The summed E-state index contributed by atoms with van der Waals surface area (Å²) in [6.07, 6.45) is 0. The Balaban J connectivity index is 0.00000600. The van der Waals surface area contributed by atoms with E-state index in [9.17, 15) is 9.90 Å². The summed E-state index contributed by atoms with van der Waals surface area (Å²) < 4.78 is 47.7. The Kier molecular flexibility index (Phi) is 17.0. The third kappa shape index (κ3) is 12.3. The van der Waals surface area contributed by atoms with E-state index in [1.165, 1.54) is 6.07 Å². The molecule has 0 saturated carbocycles. The summed E-state index contributed by atoms with van der Waals surface area (Å²) in [4.78, 5) is 11.5. The number of benzene rings is 6. The first-order valence-electron chi connectivity index (χ1n) is 17.8. The predicted molar refractivity (Wildman–Crippen MR) is 204 cm³/mol. The van der Waals surface area contributed by atoms with E-state index >= 15 is 0 Å².